The second kappa shape index (κ2) is 13.3. The monoisotopic (exact) mass is 472 g/mol. The smallest absolute Gasteiger partial charge is 0.243 e. The Hall–Kier alpha value is -3.60. The lowest BCUT2D eigenvalue weighted by Crippen LogP contribution is -2.50. The zero-order valence-corrected chi connectivity index (χ0v) is 21.0. The Bertz CT molecular complexity index is 1080. The molecule has 3 aromatic rings. The SMILES string of the molecule is CCCNC(=O)C(Cc1ccccc1)N(Cc1cccc(OC)c1)C(=O)CCc1ccc(C)cc1. The summed E-state index contributed by atoms with van der Waals surface area (Å²) >= 11 is 0. The van der Waals surface area contributed by atoms with E-state index in [-0.39, 0.29) is 11.8 Å². The van der Waals surface area contributed by atoms with E-state index < -0.39 is 6.04 Å². The molecule has 0 aliphatic heterocycles. The van der Waals surface area contributed by atoms with E-state index in [0.717, 1.165) is 28.9 Å². The van der Waals surface area contributed by atoms with Gasteiger partial charge in [-0.15, -0.1) is 0 Å². The highest BCUT2D eigenvalue weighted by Crippen LogP contribution is 2.20. The molecule has 0 saturated heterocycles. The largest absolute Gasteiger partial charge is 0.497 e. The van der Waals surface area contributed by atoms with E-state index in [4.69, 9.17) is 4.74 Å². The van der Waals surface area contributed by atoms with Crippen molar-refractivity contribution in [2.24, 2.45) is 0 Å². The number of amides is 2. The maximum atomic E-state index is 13.7. The van der Waals surface area contributed by atoms with Gasteiger partial charge in [0, 0.05) is 25.9 Å². The molecular weight excluding hydrogens is 436 g/mol. The molecule has 0 aromatic heterocycles. The Kier molecular flexibility index (Phi) is 9.91. The molecule has 0 bridgehead atoms. The number of hydrogen-bond donors (Lipinski definition) is 1. The summed E-state index contributed by atoms with van der Waals surface area (Å²) in [7, 11) is 1.63. The van der Waals surface area contributed by atoms with Gasteiger partial charge in [-0.3, -0.25) is 9.59 Å². The van der Waals surface area contributed by atoms with Gasteiger partial charge < -0.3 is 15.0 Å². The average molecular weight is 473 g/mol. The number of methoxy groups -OCH3 is 1. The third-order valence-corrected chi connectivity index (χ3v) is 6.06. The van der Waals surface area contributed by atoms with Crippen molar-refractivity contribution in [3.63, 3.8) is 0 Å². The van der Waals surface area contributed by atoms with Crippen LogP contribution in [0.25, 0.3) is 0 Å². The van der Waals surface area contributed by atoms with Crippen LogP contribution in [0.5, 0.6) is 5.75 Å². The summed E-state index contributed by atoms with van der Waals surface area (Å²) < 4.78 is 5.39. The summed E-state index contributed by atoms with van der Waals surface area (Å²) in [6.07, 6.45) is 2.25. The van der Waals surface area contributed by atoms with Gasteiger partial charge in [0.15, 0.2) is 0 Å². The van der Waals surface area contributed by atoms with Crippen molar-refractivity contribution < 1.29 is 14.3 Å². The number of nitrogens with one attached hydrogen (secondary N) is 1. The maximum absolute atomic E-state index is 13.7. The van der Waals surface area contributed by atoms with E-state index in [2.05, 4.69) is 29.6 Å². The number of carbonyl (C=O) groups excluding carboxylic acids is 2. The van der Waals surface area contributed by atoms with E-state index in [1.165, 1.54) is 5.56 Å². The van der Waals surface area contributed by atoms with Crippen LogP contribution >= 0.6 is 0 Å². The van der Waals surface area contributed by atoms with Gasteiger partial charge in [-0.2, -0.15) is 0 Å². The molecule has 0 spiro atoms. The summed E-state index contributed by atoms with van der Waals surface area (Å²) in [6.45, 7) is 4.98. The van der Waals surface area contributed by atoms with Crippen molar-refractivity contribution in [3.8, 4) is 5.75 Å². The van der Waals surface area contributed by atoms with Gasteiger partial charge in [-0.1, -0.05) is 79.2 Å². The van der Waals surface area contributed by atoms with Gasteiger partial charge in [0.25, 0.3) is 0 Å². The first-order chi connectivity index (χ1) is 17.0. The van der Waals surface area contributed by atoms with Crippen LogP contribution in [0.15, 0.2) is 78.9 Å². The Morgan fingerprint density at radius 1 is 0.914 bits per heavy atom. The summed E-state index contributed by atoms with van der Waals surface area (Å²) in [5.74, 6) is 0.563. The molecule has 35 heavy (non-hydrogen) atoms. The third-order valence-electron chi connectivity index (χ3n) is 6.06. The highest BCUT2D eigenvalue weighted by Gasteiger charge is 2.30. The third kappa shape index (κ3) is 7.99. The molecule has 5 nitrogen and oxygen atoms in total. The molecule has 1 atom stereocenters. The summed E-state index contributed by atoms with van der Waals surface area (Å²) in [4.78, 5) is 28.8. The minimum absolute atomic E-state index is 0.0408. The molecule has 5 heteroatoms. The van der Waals surface area contributed by atoms with Gasteiger partial charge in [-0.25, -0.2) is 0 Å². The van der Waals surface area contributed by atoms with Crippen molar-refractivity contribution >= 4 is 11.8 Å². The van der Waals surface area contributed by atoms with Gasteiger partial charge >= 0.3 is 0 Å². The maximum Gasteiger partial charge on any atom is 0.243 e. The fourth-order valence-corrected chi connectivity index (χ4v) is 4.04. The topological polar surface area (TPSA) is 58.6 Å². The fourth-order valence-electron chi connectivity index (χ4n) is 4.04. The van der Waals surface area contributed by atoms with E-state index in [0.29, 0.717) is 32.4 Å². The van der Waals surface area contributed by atoms with Crippen LogP contribution in [-0.2, 0) is 29.0 Å². The normalized spacial score (nSPS) is 11.5. The second-order valence-electron chi connectivity index (χ2n) is 8.86. The van der Waals surface area contributed by atoms with Gasteiger partial charge in [0.05, 0.1) is 7.11 Å². The number of ether oxygens (including phenoxy) is 1. The zero-order chi connectivity index (χ0) is 25.0. The Morgan fingerprint density at radius 2 is 1.63 bits per heavy atom. The van der Waals surface area contributed by atoms with Crippen molar-refractivity contribution in [2.45, 2.75) is 52.1 Å². The molecule has 0 fully saturated rings. The van der Waals surface area contributed by atoms with E-state index in [1.54, 1.807) is 12.0 Å². The Morgan fingerprint density at radius 3 is 2.31 bits per heavy atom. The zero-order valence-electron chi connectivity index (χ0n) is 21.0. The average Bonchev–Trinajstić information content (AvgIpc) is 2.89. The van der Waals surface area contributed by atoms with Crippen molar-refractivity contribution in [3.05, 3.63) is 101 Å². The quantitative estimate of drug-likeness (QED) is 0.399. The number of rotatable bonds is 12. The van der Waals surface area contributed by atoms with Crippen molar-refractivity contribution in [1.29, 1.82) is 0 Å². The molecule has 3 rings (SSSR count). The molecule has 2 amide bonds. The molecule has 0 aliphatic carbocycles. The van der Waals surface area contributed by atoms with E-state index in [9.17, 15) is 9.59 Å². The first kappa shape index (κ1) is 26.0. The molecule has 1 N–H and O–H groups in total. The minimum atomic E-state index is -0.610. The summed E-state index contributed by atoms with van der Waals surface area (Å²) in [6, 6.07) is 25.2. The highest BCUT2D eigenvalue weighted by molar-refractivity contribution is 5.88. The lowest BCUT2D eigenvalue weighted by Gasteiger charge is -2.32. The number of aryl methyl sites for hydroxylation is 2. The van der Waals surface area contributed by atoms with Crippen LogP contribution in [0.4, 0.5) is 0 Å². The van der Waals surface area contributed by atoms with E-state index in [1.807, 2.05) is 68.4 Å². The van der Waals surface area contributed by atoms with Gasteiger partial charge in [-0.05, 0) is 48.6 Å². The van der Waals surface area contributed by atoms with Crippen LogP contribution in [-0.4, -0.2) is 36.4 Å². The van der Waals surface area contributed by atoms with Crippen LogP contribution in [0.1, 0.15) is 42.0 Å². The van der Waals surface area contributed by atoms with E-state index >= 15 is 0 Å². The van der Waals surface area contributed by atoms with Crippen LogP contribution in [0.2, 0.25) is 0 Å². The standard InChI is InChI=1S/C30H36N2O3/c1-4-19-31-30(34)28(21-25-9-6-5-7-10-25)32(22-26-11-8-12-27(20-26)35-3)29(33)18-17-24-15-13-23(2)14-16-24/h5-16,20,28H,4,17-19,21-22H2,1-3H3,(H,31,34). The molecule has 0 heterocycles. The second-order valence-corrected chi connectivity index (χ2v) is 8.86. The molecule has 1 unspecified atom stereocenters. The highest BCUT2D eigenvalue weighted by atomic mass is 16.5. The first-order valence-corrected chi connectivity index (χ1v) is 12.3. The molecule has 3 aromatic carbocycles. The van der Waals surface area contributed by atoms with Crippen LogP contribution < -0.4 is 10.1 Å². The number of carbonyl (C=O) groups is 2. The Labute approximate surface area is 209 Å². The molecule has 0 saturated carbocycles. The Balaban J connectivity index is 1.89. The van der Waals surface area contributed by atoms with Crippen molar-refractivity contribution in [2.75, 3.05) is 13.7 Å². The van der Waals surface area contributed by atoms with Gasteiger partial charge in [0.1, 0.15) is 11.8 Å². The van der Waals surface area contributed by atoms with Crippen molar-refractivity contribution in [1.82, 2.24) is 10.2 Å². The molecular formula is C30H36N2O3. The summed E-state index contributed by atoms with van der Waals surface area (Å²) in [5, 5.41) is 3.02. The lowest BCUT2D eigenvalue weighted by molar-refractivity contribution is -0.141. The fraction of sp³-hybridized carbons (Fsp3) is 0.333. The van der Waals surface area contributed by atoms with Crippen LogP contribution in [0.3, 0.4) is 0 Å². The molecule has 0 radical (unpaired) electrons. The molecule has 184 valence electrons. The molecule has 0 aliphatic rings. The summed E-state index contributed by atoms with van der Waals surface area (Å²) in [5.41, 5.74) is 4.25. The number of nitrogens with zero attached hydrogens (tertiary/aromatic N) is 1. The first-order valence-electron chi connectivity index (χ1n) is 12.3. The number of benzene rings is 3. The van der Waals surface area contributed by atoms with Crippen LogP contribution in [0, 0.1) is 6.92 Å². The van der Waals surface area contributed by atoms with Gasteiger partial charge in [0.2, 0.25) is 11.8 Å². The predicted molar refractivity (Wildman–Crippen MR) is 140 cm³/mol. The minimum Gasteiger partial charge on any atom is -0.497 e. The lowest BCUT2D eigenvalue weighted by atomic mass is 10.0. The predicted octanol–water partition coefficient (Wildman–Crippen LogP) is 5.10. The number of hydrogen-bond acceptors (Lipinski definition) is 3.